The fourth-order valence-corrected chi connectivity index (χ4v) is 2.91. The van der Waals surface area contributed by atoms with E-state index in [1.54, 1.807) is 10.6 Å². The van der Waals surface area contributed by atoms with Crippen LogP contribution in [-0.4, -0.2) is 45.7 Å². The van der Waals surface area contributed by atoms with Gasteiger partial charge in [-0.25, -0.2) is 4.98 Å². The van der Waals surface area contributed by atoms with Crippen LogP contribution in [0.1, 0.15) is 68.1 Å². The van der Waals surface area contributed by atoms with Crippen molar-refractivity contribution in [2.45, 2.75) is 47.0 Å². The normalized spacial score (nSPS) is 11.1. The summed E-state index contributed by atoms with van der Waals surface area (Å²) in [6.45, 7) is 10.3. The highest BCUT2D eigenvalue weighted by Gasteiger charge is 2.24. The zero-order chi connectivity index (χ0) is 19.1. The smallest absolute Gasteiger partial charge is 0.287 e. The third-order valence-electron chi connectivity index (χ3n) is 4.24. The fraction of sp³-hybridized carbons (Fsp3) is 0.550. The molecule has 2 aromatic heterocycles. The summed E-state index contributed by atoms with van der Waals surface area (Å²) in [7, 11) is 0. The van der Waals surface area contributed by atoms with E-state index < -0.39 is 0 Å². The quantitative estimate of drug-likeness (QED) is 0.747. The Bertz CT molecular complexity index is 745. The maximum Gasteiger partial charge on any atom is 0.287 e. The molecule has 0 atom stereocenters. The second-order valence-corrected chi connectivity index (χ2v) is 6.97. The molecular formula is C20H30N4O2. The molecule has 0 aliphatic heterocycles. The molecule has 0 unspecified atom stereocenters. The number of rotatable bonds is 9. The van der Waals surface area contributed by atoms with Crippen molar-refractivity contribution in [1.29, 1.82) is 0 Å². The van der Waals surface area contributed by atoms with Crippen LogP contribution < -0.4 is 5.32 Å². The number of aromatic nitrogens is 2. The molecule has 2 amide bonds. The Balaban J connectivity index is 2.33. The number of carbonyl (C=O) groups excluding carboxylic acids is 2. The minimum atomic E-state index is -0.247. The van der Waals surface area contributed by atoms with Gasteiger partial charge in [-0.3, -0.25) is 14.0 Å². The lowest BCUT2D eigenvalue weighted by molar-refractivity contribution is 0.0752. The Morgan fingerprint density at radius 3 is 2.50 bits per heavy atom. The number of carbonyl (C=O) groups is 2. The van der Waals surface area contributed by atoms with Gasteiger partial charge in [0.15, 0.2) is 5.69 Å². The Hall–Kier alpha value is -2.37. The van der Waals surface area contributed by atoms with Crippen LogP contribution in [0.3, 0.4) is 0 Å². The highest BCUT2D eigenvalue weighted by Crippen LogP contribution is 2.16. The number of hydrogen-bond acceptors (Lipinski definition) is 3. The fourth-order valence-electron chi connectivity index (χ4n) is 2.91. The first-order valence-corrected chi connectivity index (χ1v) is 9.54. The Morgan fingerprint density at radius 1 is 1.19 bits per heavy atom. The lowest BCUT2D eigenvalue weighted by atomic mass is 10.1. The van der Waals surface area contributed by atoms with E-state index >= 15 is 0 Å². The van der Waals surface area contributed by atoms with Crippen molar-refractivity contribution in [3.05, 3.63) is 35.9 Å². The predicted octanol–water partition coefficient (Wildman–Crippen LogP) is 3.37. The van der Waals surface area contributed by atoms with Gasteiger partial charge < -0.3 is 10.2 Å². The number of amides is 2. The first-order chi connectivity index (χ1) is 12.5. The van der Waals surface area contributed by atoms with Gasteiger partial charge in [0.05, 0.1) is 5.52 Å². The number of fused-ring (bicyclic) bond motifs is 1. The molecule has 142 valence electrons. The number of nitrogens with zero attached hydrogens (tertiary/aromatic N) is 3. The number of hydrogen-bond donors (Lipinski definition) is 1. The first kappa shape index (κ1) is 19.9. The van der Waals surface area contributed by atoms with E-state index in [0.29, 0.717) is 36.8 Å². The lowest BCUT2D eigenvalue weighted by Crippen LogP contribution is -2.33. The number of pyridine rings is 1. The molecule has 2 heterocycles. The lowest BCUT2D eigenvalue weighted by Gasteiger charge is -2.20. The third kappa shape index (κ3) is 4.62. The van der Waals surface area contributed by atoms with E-state index in [9.17, 15) is 9.59 Å². The van der Waals surface area contributed by atoms with E-state index in [4.69, 9.17) is 0 Å². The summed E-state index contributed by atoms with van der Waals surface area (Å²) in [5.41, 5.74) is 1.02. The molecule has 0 radical (unpaired) electrons. The van der Waals surface area contributed by atoms with Gasteiger partial charge in [0.25, 0.3) is 11.8 Å². The van der Waals surface area contributed by atoms with E-state index in [2.05, 4.69) is 38.0 Å². The molecule has 0 saturated carbocycles. The third-order valence-corrected chi connectivity index (χ3v) is 4.24. The van der Waals surface area contributed by atoms with Crippen LogP contribution in [0.2, 0.25) is 0 Å². The molecule has 6 heteroatoms. The summed E-state index contributed by atoms with van der Waals surface area (Å²) in [6.07, 6.45) is 4.46. The van der Waals surface area contributed by atoms with Crippen LogP contribution >= 0.6 is 0 Å². The Morgan fingerprint density at radius 2 is 1.88 bits per heavy atom. The maximum atomic E-state index is 13.0. The Kier molecular flexibility index (Phi) is 7.18. The van der Waals surface area contributed by atoms with Crippen molar-refractivity contribution >= 4 is 17.3 Å². The first-order valence-electron chi connectivity index (χ1n) is 9.54. The second kappa shape index (κ2) is 9.36. The minimum Gasteiger partial charge on any atom is -0.349 e. The standard InChI is InChI=1S/C20H30N4O2/c1-5-12-23(13-6-2)20(26)17-16-9-7-8-14-24(16)18(22-17)19(25)21-11-10-15(3)4/h7-9,14-15H,5-6,10-13H2,1-4H3,(H,21,25). The second-order valence-electron chi connectivity index (χ2n) is 6.97. The average Bonchev–Trinajstić information content (AvgIpc) is 3.00. The van der Waals surface area contributed by atoms with Crippen molar-refractivity contribution in [3.63, 3.8) is 0 Å². The molecule has 0 spiro atoms. The summed E-state index contributed by atoms with van der Waals surface area (Å²) >= 11 is 0. The largest absolute Gasteiger partial charge is 0.349 e. The molecule has 6 nitrogen and oxygen atoms in total. The van der Waals surface area contributed by atoms with Crippen molar-refractivity contribution in [3.8, 4) is 0 Å². The Labute approximate surface area is 155 Å². The highest BCUT2D eigenvalue weighted by atomic mass is 16.2. The zero-order valence-corrected chi connectivity index (χ0v) is 16.3. The number of nitrogens with one attached hydrogen (secondary N) is 1. The van der Waals surface area contributed by atoms with Crippen LogP contribution in [0.4, 0.5) is 0 Å². The topological polar surface area (TPSA) is 66.7 Å². The molecule has 0 aliphatic rings. The van der Waals surface area contributed by atoms with Gasteiger partial charge in [0.1, 0.15) is 0 Å². The molecule has 0 aliphatic carbocycles. The predicted molar refractivity (Wildman–Crippen MR) is 103 cm³/mol. The average molecular weight is 358 g/mol. The highest BCUT2D eigenvalue weighted by molar-refractivity contribution is 6.02. The molecule has 0 saturated heterocycles. The van der Waals surface area contributed by atoms with Gasteiger partial charge in [-0.05, 0) is 37.3 Å². The maximum absolute atomic E-state index is 13.0. The summed E-state index contributed by atoms with van der Waals surface area (Å²) in [5, 5.41) is 2.91. The van der Waals surface area contributed by atoms with Crippen molar-refractivity contribution in [2.75, 3.05) is 19.6 Å². The SMILES string of the molecule is CCCN(CCC)C(=O)c1nc(C(=O)NCCC(C)C)n2ccccc12. The van der Waals surface area contributed by atoms with Crippen LogP contribution in [0, 0.1) is 5.92 Å². The van der Waals surface area contributed by atoms with Gasteiger partial charge in [0.2, 0.25) is 5.82 Å². The summed E-state index contributed by atoms with van der Waals surface area (Å²) in [4.78, 5) is 31.8. The van der Waals surface area contributed by atoms with E-state index in [0.717, 1.165) is 19.3 Å². The van der Waals surface area contributed by atoms with Crippen molar-refractivity contribution < 1.29 is 9.59 Å². The summed E-state index contributed by atoms with van der Waals surface area (Å²) in [6, 6.07) is 5.53. The van der Waals surface area contributed by atoms with Crippen LogP contribution in [0.25, 0.3) is 5.52 Å². The molecule has 2 rings (SSSR count). The van der Waals surface area contributed by atoms with E-state index in [-0.39, 0.29) is 17.6 Å². The summed E-state index contributed by atoms with van der Waals surface area (Å²) < 4.78 is 1.70. The van der Waals surface area contributed by atoms with Crippen molar-refractivity contribution in [2.24, 2.45) is 5.92 Å². The van der Waals surface area contributed by atoms with Gasteiger partial charge in [-0.1, -0.05) is 33.8 Å². The van der Waals surface area contributed by atoms with Crippen LogP contribution in [0.15, 0.2) is 24.4 Å². The van der Waals surface area contributed by atoms with Gasteiger partial charge in [-0.15, -0.1) is 0 Å². The molecule has 26 heavy (non-hydrogen) atoms. The van der Waals surface area contributed by atoms with Gasteiger partial charge in [-0.2, -0.15) is 0 Å². The monoisotopic (exact) mass is 358 g/mol. The van der Waals surface area contributed by atoms with E-state index in [1.165, 1.54) is 0 Å². The molecule has 0 fully saturated rings. The molecule has 0 aromatic carbocycles. The molecular weight excluding hydrogens is 328 g/mol. The van der Waals surface area contributed by atoms with Gasteiger partial charge >= 0.3 is 0 Å². The summed E-state index contributed by atoms with van der Waals surface area (Å²) in [5.74, 6) is 0.420. The number of imidazole rings is 1. The molecule has 1 N–H and O–H groups in total. The van der Waals surface area contributed by atoms with Gasteiger partial charge in [0, 0.05) is 25.8 Å². The van der Waals surface area contributed by atoms with Crippen LogP contribution in [0.5, 0.6) is 0 Å². The minimum absolute atomic E-state index is 0.112. The molecule has 0 bridgehead atoms. The van der Waals surface area contributed by atoms with Crippen LogP contribution in [-0.2, 0) is 0 Å². The van der Waals surface area contributed by atoms with E-state index in [1.807, 2.05) is 23.1 Å². The van der Waals surface area contributed by atoms with Crippen molar-refractivity contribution in [1.82, 2.24) is 19.6 Å². The zero-order valence-electron chi connectivity index (χ0n) is 16.3. The molecule has 2 aromatic rings.